The molecule has 8 nitrogen and oxygen atoms in total. The average molecular weight is 493 g/mol. The van der Waals surface area contributed by atoms with Gasteiger partial charge >= 0.3 is 0 Å². The summed E-state index contributed by atoms with van der Waals surface area (Å²) in [4.78, 5) is 17.7. The molecular formula is C26H28N4O4S. The van der Waals surface area contributed by atoms with Crippen molar-refractivity contribution in [2.75, 3.05) is 11.9 Å². The Bertz CT molecular complexity index is 1400. The summed E-state index contributed by atoms with van der Waals surface area (Å²) in [6.07, 6.45) is 1.64. The van der Waals surface area contributed by atoms with Gasteiger partial charge < -0.3 is 14.6 Å². The molecule has 4 rings (SSSR count). The Morgan fingerprint density at radius 3 is 2.57 bits per heavy atom. The van der Waals surface area contributed by atoms with Gasteiger partial charge in [0.15, 0.2) is 0 Å². The summed E-state index contributed by atoms with van der Waals surface area (Å²) in [6, 6.07) is 23.2. The SMILES string of the molecule is CCCCNS(=O)(=O)c1cccc(NC(=O)Cn2c(COc3ccccc3)nc3ccccc32)c1. The van der Waals surface area contributed by atoms with E-state index in [0.29, 0.717) is 23.8 Å². The van der Waals surface area contributed by atoms with Crippen LogP contribution in [-0.2, 0) is 28.0 Å². The molecule has 1 heterocycles. The number of nitrogens with one attached hydrogen (secondary N) is 2. The van der Waals surface area contributed by atoms with Crippen LogP contribution in [-0.4, -0.2) is 30.4 Å². The van der Waals surface area contributed by atoms with Gasteiger partial charge in [-0.3, -0.25) is 4.79 Å². The fourth-order valence-electron chi connectivity index (χ4n) is 3.63. The molecule has 0 aliphatic heterocycles. The second-order valence-corrected chi connectivity index (χ2v) is 9.80. The van der Waals surface area contributed by atoms with Crippen molar-refractivity contribution in [1.29, 1.82) is 0 Å². The Hall–Kier alpha value is -3.69. The average Bonchev–Trinajstić information content (AvgIpc) is 3.21. The number of para-hydroxylation sites is 3. The molecule has 9 heteroatoms. The number of hydrogen-bond acceptors (Lipinski definition) is 5. The Morgan fingerprint density at radius 1 is 1.00 bits per heavy atom. The Balaban J connectivity index is 1.50. The zero-order valence-electron chi connectivity index (χ0n) is 19.5. The van der Waals surface area contributed by atoms with Gasteiger partial charge in [-0.2, -0.15) is 0 Å². The number of ether oxygens (including phenoxy) is 1. The minimum Gasteiger partial charge on any atom is -0.486 e. The molecule has 0 bridgehead atoms. The Labute approximate surface area is 205 Å². The molecule has 4 aromatic rings. The van der Waals surface area contributed by atoms with E-state index in [-0.39, 0.29) is 24.0 Å². The lowest BCUT2D eigenvalue weighted by Gasteiger charge is -2.12. The monoisotopic (exact) mass is 492 g/mol. The summed E-state index contributed by atoms with van der Waals surface area (Å²) in [6.45, 7) is 2.56. The van der Waals surface area contributed by atoms with Crippen LogP contribution in [0.4, 0.5) is 5.69 Å². The molecule has 1 amide bonds. The van der Waals surface area contributed by atoms with E-state index in [0.717, 1.165) is 23.9 Å². The minimum absolute atomic E-state index is 0.000274. The lowest BCUT2D eigenvalue weighted by molar-refractivity contribution is -0.116. The van der Waals surface area contributed by atoms with E-state index in [1.165, 1.54) is 12.1 Å². The number of carbonyl (C=O) groups excluding carboxylic acids is 1. The molecule has 0 atom stereocenters. The maximum absolute atomic E-state index is 13.0. The molecule has 0 saturated carbocycles. The van der Waals surface area contributed by atoms with Gasteiger partial charge in [-0.25, -0.2) is 18.1 Å². The number of unbranched alkanes of at least 4 members (excludes halogenated alkanes) is 1. The van der Waals surface area contributed by atoms with Gasteiger partial charge in [0.1, 0.15) is 24.7 Å². The van der Waals surface area contributed by atoms with Crippen LogP contribution in [0.15, 0.2) is 83.8 Å². The molecule has 0 unspecified atom stereocenters. The highest BCUT2D eigenvalue weighted by molar-refractivity contribution is 7.89. The molecule has 182 valence electrons. The maximum atomic E-state index is 13.0. The molecule has 2 N–H and O–H groups in total. The van der Waals surface area contributed by atoms with E-state index in [1.807, 2.05) is 61.5 Å². The largest absolute Gasteiger partial charge is 0.486 e. The highest BCUT2D eigenvalue weighted by atomic mass is 32.2. The van der Waals surface area contributed by atoms with Crippen molar-refractivity contribution in [2.45, 2.75) is 37.8 Å². The highest BCUT2D eigenvalue weighted by Gasteiger charge is 2.17. The van der Waals surface area contributed by atoms with Gasteiger partial charge in [0, 0.05) is 12.2 Å². The zero-order chi connectivity index (χ0) is 24.7. The topological polar surface area (TPSA) is 102 Å². The molecule has 1 aromatic heterocycles. The lowest BCUT2D eigenvalue weighted by atomic mass is 10.3. The van der Waals surface area contributed by atoms with Crippen LogP contribution in [0.3, 0.4) is 0 Å². The zero-order valence-corrected chi connectivity index (χ0v) is 20.3. The molecule has 0 fully saturated rings. The Morgan fingerprint density at radius 2 is 1.77 bits per heavy atom. The van der Waals surface area contributed by atoms with Crippen molar-refractivity contribution in [3.8, 4) is 5.75 Å². The van der Waals surface area contributed by atoms with Crippen molar-refractivity contribution in [1.82, 2.24) is 14.3 Å². The summed E-state index contributed by atoms with van der Waals surface area (Å²) in [5.41, 5.74) is 1.98. The fourth-order valence-corrected chi connectivity index (χ4v) is 4.75. The van der Waals surface area contributed by atoms with Crippen LogP contribution in [0, 0.1) is 0 Å². The Kier molecular flexibility index (Phi) is 7.79. The first kappa shape index (κ1) is 24.4. The number of hydrogen-bond donors (Lipinski definition) is 2. The number of anilines is 1. The van der Waals surface area contributed by atoms with Crippen LogP contribution >= 0.6 is 0 Å². The normalized spacial score (nSPS) is 11.5. The van der Waals surface area contributed by atoms with E-state index in [1.54, 1.807) is 16.7 Å². The second-order valence-electron chi connectivity index (χ2n) is 8.03. The number of benzene rings is 3. The van der Waals surface area contributed by atoms with E-state index >= 15 is 0 Å². The molecular weight excluding hydrogens is 464 g/mol. The van der Waals surface area contributed by atoms with Gasteiger partial charge in [-0.05, 0) is 48.9 Å². The van der Waals surface area contributed by atoms with Crippen LogP contribution in [0.1, 0.15) is 25.6 Å². The third-order valence-electron chi connectivity index (χ3n) is 5.40. The van der Waals surface area contributed by atoms with Gasteiger partial charge in [0.25, 0.3) is 0 Å². The number of amides is 1. The summed E-state index contributed by atoms with van der Waals surface area (Å²) < 4.78 is 35.3. The standard InChI is InChI=1S/C26H28N4O4S/c1-2-3-16-27-35(32,33)22-13-9-10-20(17-22)28-26(31)18-30-24-15-8-7-14-23(24)29-25(30)19-34-21-11-5-4-6-12-21/h4-15,17,27H,2-3,16,18-19H2,1H3,(H,28,31). The first-order valence-corrected chi connectivity index (χ1v) is 13.0. The smallest absolute Gasteiger partial charge is 0.244 e. The van der Waals surface area contributed by atoms with Crippen LogP contribution in [0.5, 0.6) is 5.75 Å². The number of carbonyl (C=O) groups is 1. The summed E-state index contributed by atoms with van der Waals surface area (Å²) in [5.74, 6) is 1.02. The maximum Gasteiger partial charge on any atom is 0.244 e. The highest BCUT2D eigenvalue weighted by Crippen LogP contribution is 2.20. The lowest BCUT2D eigenvalue weighted by Crippen LogP contribution is -2.25. The first-order chi connectivity index (χ1) is 17.0. The van der Waals surface area contributed by atoms with Crippen molar-refractivity contribution in [3.05, 3.63) is 84.7 Å². The van der Waals surface area contributed by atoms with Crippen LogP contribution in [0.25, 0.3) is 11.0 Å². The van der Waals surface area contributed by atoms with E-state index < -0.39 is 10.0 Å². The van der Waals surface area contributed by atoms with Gasteiger partial charge in [-0.1, -0.05) is 49.7 Å². The number of rotatable bonds is 11. The first-order valence-electron chi connectivity index (χ1n) is 11.5. The predicted octanol–water partition coefficient (Wildman–Crippen LogP) is 4.33. The number of aromatic nitrogens is 2. The number of nitrogens with zero attached hydrogens (tertiary/aromatic N) is 2. The van der Waals surface area contributed by atoms with E-state index in [2.05, 4.69) is 15.0 Å². The minimum atomic E-state index is -3.64. The third kappa shape index (κ3) is 6.26. The summed E-state index contributed by atoms with van der Waals surface area (Å²) >= 11 is 0. The second kappa shape index (κ2) is 11.2. The molecule has 0 radical (unpaired) electrons. The molecule has 0 spiro atoms. The quantitative estimate of drug-likeness (QED) is 0.303. The predicted molar refractivity (Wildman–Crippen MR) is 136 cm³/mol. The molecule has 0 saturated heterocycles. The third-order valence-corrected chi connectivity index (χ3v) is 6.86. The van der Waals surface area contributed by atoms with Crippen molar-refractivity contribution >= 4 is 32.7 Å². The summed E-state index contributed by atoms with van der Waals surface area (Å²) in [7, 11) is -3.64. The molecule has 0 aliphatic rings. The van der Waals surface area contributed by atoms with E-state index in [9.17, 15) is 13.2 Å². The van der Waals surface area contributed by atoms with Crippen molar-refractivity contribution in [3.63, 3.8) is 0 Å². The molecule has 0 aliphatic carbocycles. The number of imidazole rings is 1. The van der Waals surface area contributed by atoms with Crippen LogP contribution < -0.4 is 14.8 Å². The number of sulfonamides is 1. The van der Waals surface area contributed by atoms with Gasteiger partial charge in [0.05, 0.1) is 15.9 Å². The van der Waals surface area contributed by atoms with Crippen molar-refractivity contribution < 1.29 is 17.9 Å². The fraction of sp³-hybridized carbons (Fsp3) is 0.231. The molecule has 35 heavy (non-hydrogen) atoms. The van der Waals surface area contributed by atoms with Crippen LogP contribution in [0.2, 0.25) is 0 Å². The van der Waals surface area contributed by atoms with Crippen molar-refractivity contribution in [2.24, 2.45) is 0 Å². The summed E-state index contributed by atoms with van der Waals surface area (Å²) in [5, 5.41) is 2.81. The van der Waals surface area contributed by atoms with E-state index in [4.69, 9.17) is 4.74 Å². The molecule has 3 aromatic carbocycles. The number of fused-ring (bicyclic) bond motifs is 1. The van der Waals surface area contributed by atoms with Gasteiger partial charge in [0.2, 0.25) is 15.9 Å². The van der Waals surface area contributed by atoms with Gasteiger partial charge in [-0.15, -0.1) is 0 Å².